The summed E-state index contributed by atoms with van der Waals surface area (Å²) in [6.07, 6.45) is 0.996. The molecule has 0 spiro atoms. The number of β-lactam (4-membered cyclic amide) rings is 1. The lowest BCUT2D eigenvalue weighted by Gasteiger charge is -2.50. The van der Waals surface area contributed by atoms with Crippen LogP contribution in [0.3, 0.4) is 0 Å². The lowest BCUT2D eigenvalue weighted by molar-refractivity contribution is -0.174. The Morgan fingerprint density at radius 3 is 2.61 bits per heavy atom. The predicted octanol–water partition coefficient (Wildman–Crippen LogP) is 1.60. The van der Waals surface area contributed by atoms with E-state index in [9.17, 15) is 9.59 Å². The van der Waals surface area contributed by atoms with Gasteiger partial charge in [0.1, 0.15) is 23.6 Å². The molecule has 1 aromatic carbocycles. The van der Waals surface area contributed by atoms with Crippen LogP contribution in [0.1, 0.15) is 26.3 Å². The Labute approximate surface area is 182 Å². The van der Waals surface area contributed by atoms with Gasteiger partial charge in [0.15, 0.2) is 5.79 Å². The molecule has 1 aromatic rings. The molecule has 2 saturated heterocycles. The molecule has 0 bridgehead atoms. The van der Waals surface area contributed by atoms with Crippen LogP contribution in [-0.2, 0) is 30.3 Å². The van der Waals surface area contributed by atoms with Gasteiger partial charge in [-0.05, 0) is 32.9 Å². The molecule has 2 heterocycles. The number of methoxy groups -OCH3 is 3. The maximum atomic E-state index is 13.1. The molecule has 3 atom stereocenters. The van der Waals surface area contributed by atoms with Crippen LogP contribution in [0.25, 0.3) is 0 Å². The topological polar surface area (TPSA) is 95.6 Å². The molecule has 1 amide bonds. The van der Waals surface area contributed by atoms with Gasteiger partial charge in [-0.3, -0.25) is 4.79 Å². The minimum Gasteiger partial charge on any atom is -0.497 e. The van der Waals surface area contributed by atoms with E-state index < -0.39 is 17.8 Å². The smallest absolute Gasteiger partial charge is 0.332 e. The van der Waals surface area contributed by atoms with Crippen LogP contribution in [0.15, 0.2) is 30.0 Å². The van der Waals surface area contributed by atoms with Crippen LogP contribution in [0.5, 0.6) is 11.5 Å². The van der Waals surface area contributed by atoms with Crippen molar-refractivity contribution in [2.75, 3.05) is 27.9 Å². The Balaban J connectivity index is 1.83. The van der Waals surface area contributed by atoms with E-state index in [-0.39, 0.29) is 18.1 Å². The van der Waals surface area contributed by atoms with Crippen molar-refractivity contribution in [2.45, 2.75) is 51.3 Å². The van der Waals surface area contributed by atoms with E-state index in [1.807, 2.05) is 26.0 Å². The Hall–Kier alpha value is -2.78. The first-order valence-electron chi connectivity index (χ1n) is 10.0. The molecule has 2 aliphatic heterocycles. The Morgan fingerprint density at radius 1 is 1.29 bits per heavy atom. The Morgan fingerprint density at radius 2 is 2.03 bits per heavy atom. The molecular weight excluding hydrogens is 404 g/mol. The standard InChI is InChI=1S/C22H30N2O7/c1-13(9-18(25)29-6)23-19-20(17-12-30-22(2,3)31-17)24(21(19)26)11-14-7-8-15(27-4)10-16(14)28-5/h7-10,17,19-20,23H,11-12H2,1-6H3/t17-,19-,20+/m0/s1. The van der Waals surface area contributed by atoms with Crippen molar-refractivity contribution in [2.24, 2.45) is 0 Å². The van der Waals surface area contributed by atoms with Crippen LogP contribution in [0.4, 0.5) is 0 Å². The number of esters is 1. The van der Waals surface area contributed by atoms with Crippen molar-refractivity contribution in [3.8, 4) is 11.5 Å². The summed E-state index contributed by atoms with van der Waals surface area (Å²) in [7, 11) is 4.47. The fraction of sp³-hybridized carbons (Fsp3) is 0.545. The molecule has 170 valence electrons. The molecule has 3 rings (SSSR count). The summed E-state index contributed by atoms with van der Waals surface area (Å²) in [6.45, 7) is 6.10. The highest BCUT2D eigenvalue weighted by Crippen LogP contribution is 2.36. The summed E-state index contributed by atoms with van der Waals surface area (Å²) in [5.74, 6) is -0.0187. The third-order valence-corrected chi connectivity index (χ3v) is 5.42. The summed E-state index contributed by atoms with van der Waals surface area (Å²) in [5.41, 5.74) is 1.38. The molecule has 9 heteroatoms. The summed E-state index contributed by atoms with van der Waals surface area (Å²) in [5, 5.41) is 3.13. The highest BCUT2D eigenvalue weighted by atomic mass is 16.7. The van der Waals surface area contributed by atoms with Gasteiger partial charge in [0, 0.05) is 29.9 Å². The molecular formula is C22H30N2O7. The Kier molecular flexibility index (Phi) is 6.76. The summed E-state index contributed by atoms with van der Waals surface area (Å²) in [4.78, 5) is 26.3. The number of likely N-dealkylation sites (tertiary alicyclic amines) is 1. The van der Waals surface area contributed by atoms with Crippen molar-refractivity contribution < 1.29 is 33.3 Å². The van der Waals surface area contributed by atoms with E-state index in [2.05, 4.69) is 10.1 Å². The number of nitrogens with zero attached hydrogens (tertiary/aromatic N) is 1. The molecule has 2 fully saturated rings. The highest BCUT2D eigenvalue weighted by Gasteiger charge is 2.54. The quantitative estimate of drug-likeness (QED) is 0.375. The number of ether oxygens (including phenoxy) is 5. The lowest BCUT2D eigenvalue weighted by Crippen LogP contribution is -2.73. The molecule has 0 unspecified atom stereocenters. The first kappa shape index (κ1) is 22.9. The maximum absolute atomic E-state index is 13.1. The highest BCUT2D eigenvalue weighted by molar-refractivity contribution is 5.90. The SMILES string of the molecule is COC(=O)C=C(C)N[C@@H]1C(=O)N(Cc2ccc(OC)cc2OC)[C@@H]1[C@@H]1COC(C)(C)O1. The van der Waals surface area contributed by atoms with Gasteiger partial charge >= 0.3 is 5.97 Å². The average molecular weight is 434 g/mol. The molecule has 31 heavy (non-hydrogen) atoms. The van der Waals surface area contributed by atoms with Crippen LogP contribution < -0.4 is 14.8 Å². The van der Waals surface area contributed by atoms with Gasteiger partial charge in [0.05, 0.1) is 34.0 Å². The number of nitrogens with one attached hydrogen (secondary N) is 1. The maximum Gasteiger partial charge on any atom is 0.332 e. The second-order valence-corrected chi connectivity index (χ2v) is 7.97. The second-order valence-electron chi connectivity index (χ2n) is 7.97. The minimum atomic E-state index is -0.728. The van der Waals surface area contributed by atoms with E-state index in [1.54, 1.807) is 32.1 Å². The van der Waals surface area contributed by atoms with Crippen LogP contribution in [0.2, 0.25) is 0 Å². The normalized spacial score (nSPS) is 25.1. The predicted molar refractivity (Wildman–Crippen MR) is 111 cm³/mol. The summed E-state index contributed by atoms with van der Waals surface area (Å²) < 4.78 is 27.2. The van der Waals surface area contributed by atoms with Gasteiger partial charge in [-0.25, -0.2) is 4.79 Å². The third-order valence-electron chi connectivity index (χ3n) is 5.42. The zero-order valence-corrected chi connectivity index (χ0v) is 18.8. The number of hydrogen-bond donors (Lipinski definition) is 1. The molecule has 0 aromatic heterocycles. The van der Waals surface area contributed by atoms with E-state index in [1.165, 1.54) is 13.2 Å². The third kappa shape index (κ3) is 4.94. The number of amides is 1. The number of benzene rings is 1. The van der Waals surface area contributed by atoms with Crippen molar-refractivity contribution in [3.05, 3.63) is 35.5 Å². The minimum absolute atomic E-state index is 0.103. The fourth-order valence-electron chi connectivity index (χ4n) is 3.89. The van der Waals surface area contributed by atoms with Crippen molar-refractivity contribution in [3.63, 3.8) is 0 Å². The fourth-order valence-corrected chi connectivity index (χ4v) is 3.89. The lowest BCUT2D eigenvalue weighted by atomic mass is 9.89. The monoisotopic (exact) mass is 434 g/mol. The summed E-state index contributed by atoms with van der Waals surface area (Å²) in [6, 6.07) is 4.65. The molecule has 0 aliphatic carbocycles. The van der Waals surface area contributed by atoms with E-state index >= 15 is 0 Å². The number of carbonyl (C=O) groups is 2. The average Bonchev–Trinajstić information content (AvgIpc) is 3.10. The van der Waals surface area contributed by atoms with E-state index in [0.717, 1.165) is 5.56 Å². The number of carbonyl (C=O) groups excluding carboxylic acids is 2. The molecule has 9 nitrogen and oxygen atoms in total. The van der Waals surface area contributed by atoms with Gasteiger partial charge in [-0.15, -0.1) is 0 Å². The van der Waals surface area contributed by atoms with Crippen molar-refractivity contribution in [1.82, 2.24) is 10.2 Å². The molecule has 2 aliphatic rings. The Bertz CT molecular complexity index is 867. The van der Waals surface area contributed by atoms with E-state index in [4.69, 9.17) is 18.9 Å². The van der Waals surface area contributed by atoms with Gasteiger partial charge in [0.25, 0.3) is 0 Å². The second kappa shape index (κ2) is 9.15. The zero-order chi connectivity index (χ0) is 22.8. The molecule has 0 radical (unpaired) electrons. The van der Waals surface area contributed by atoms with Crippen molar-refractivity contribution in [1.29, 1.82) is 0 Å². The van der Waals surface area contributed by atoms with Crippen LogP contribution >= 0.6 is 0 Å². The van der Waals surface area contributed by atoms with Gasteiger partial charge in [0.2, 0.25) is 5.91 Å². The molecule has 1 N–H and O–H groups in total. The van der Waals surface area contributed by atoms with Crippen LogP contribution in [0, 0.1) is 0 Å². The van der Waals surface area contributed by atoms with Gasteiger partial charge < -0.3 is 33.9 Å². The first-order chi connectivity index (χ1) is 14.7. The zero-order valence-electron chi connectivity index (χ0n) is 18.8. The molecule has 0 saturated carbocycles. The summed E-state index contributed by atoms with van der Waals surface area (Å²) >= 11 is 0. The van der Waals surface area contributed by atoms with E-state index in [0.29, 0.717) is 30.3 Å². The van der Waals surface area contributed by atoms with Crippen molar-refractivity contribution >= 4 is 11.9 Å². The van der Waals surface area contributed by atoms with Gasteiger partial charge in [-0.2, -0.15) is 0 Å². The number of hydrogen-bond acceptors (Lipinski definition) is 8. The number of rotatable bonds is 8. The largest absolute Gasteiger partial charge is 0.497 e. The first-order valence-corrected chi connectivity index (χ1v) is 10.0. The van der Waals surface area contributed by atoms with Gasteiger partial charge in [-0.1, -0.05) is 0 Å². The number of allylic oxidation sites excluding steroid dienone is 1. The van der Waals surface area contributed by atoms with Crippen LogP contribution in [-0.4, -0.2) is 68.7 Å².